The predicted molar refractivity (Wildman–Crippen MR) is 71.7 cm³/mol. The van der Waals surface area contributed by atoms with Gasteiger partial charge in [0.25, 0.3) is 0 Å². The normalized spacial score (nSPS) is 18.5. The number of rotatable bonds is 4. The minimum absolute atomic E-state index is 0.258. The molecule has 1 aromatic rings. The molecule has 1 fully saturated rings. The highest BCUT2D eigenvalue weighted by atomic mass is 35.5. The Morgan fingerprint density at radius 3 is 2.82 bits per heavy atom. The molecule has 0 amide bonds. The van der Waals surface area contributed by atoms with Gasteiger partial charge in [-0.25, -0.2) is 4.98 Å². The Bertz CT molecular complexity index is 356. The fourth-order valence-electron chi connectivity index (χ4n) is 2.02. The molecule has 1 aliphatic rings. The van der Waals surface area contributed by atoms with Crippen molar-refractivity contribution < 1.29 is 5.11 Å². The summed E-state index contributed by atoms with van der Waals surface area (Å²) in [7, 11) is 0. The van der Waals surface area contributed by atoms with Crippen molar-refractivity contribution in [3.63, 3.8) is 0 Å². The second kappa shape index (κ2) is 6.59. The predicted octanol–water partition coefficient (Wildman–Crippen LogP) is 2.28. The van der Waals surface area contributed by atoms with Gasteiger partial charge in [0.15, 0.2) is 0 Å². The molecule has 0 bridgehead atoms. The number of hydrogen-bond donors (Lipinski definition) is 1. The van der Waals surface area contributed by atoms with Crippen LogP contribution in [0.3, 0.4) is 0 Å². The molecule has 0 aliphatic carbocycles. The van der Waals surface area contributed by atoms with E-state index in [1.807, 2.05) is 23.9 Å². The van der Waals surface area contributed by atoms with Crippen molar-refractivity contribution in [2.75, 3.05) is 26.2 Å². The second-order valence-electron chi connectivity index (χ2n) is 4.18. The summed E-state index contributed by atoms with van der Waals surface area (Å²) in [5, 5.41) is 11.1. The Hall–Kier alpha value is -0.290. The van der Waals surface area contributed by atoms with E-state index in [4.69, 9.17) is 16.7 Å². The second-order valence-corrected chi connectivity index (χ2v) is 5.89. The van der Waals surface area contributed by atoms with Crippen LogP contribution in [0.5, 0.6) is 0 Å². The van der Waals surface area contributed by atoms with E-state index in [9.17, 15) is 0 Å². The van der Waals surface area contributed by atoms with E-state index in [0.717, 1.165) is 37.5 Å². The summed E-state index contributed by atoms with van der Waals surface area (Å²) < 4.78 is 0. The number of halogens is 1. The van der Waals surface area contributed by atoms with Gasteiger partial charge in [-0.15, -0.1) is 11.8 Å². The number of piperidine rings is 1. The van der Waals surface area contributed by atoms with Gasteiger partial charge in [-0.1, -0.05) is 17.7 Å². The Morgan fingerprint density at radius 1 is 1.41 bits per heavy atom. The minimum atomic E-state index is 0.258. The Labute approximate surface area is 111 Å². The average molecular weight is 273 g/mol. The maximum absolute atomic E-state index is 8.88. The van der Waals surface area contributed by atoms with Gasteiger partial charge in [0.2, 0.25) is 0 Å². The summed E-state index contributed by atoms with van der Waals surface area (Å²) in [4.78, 5) is 6.61. The summed E-state index contributed by atoms with van der Waals surface area (Å²) in [6, 6.07) is 5.75. The molecule has 0 radical (unpaired) electrons. The summed E-state index contributed by atoms with van der Waals surface area (Å²) in [6.07, 6.45) is 2.30. The number of aliphatic hydroxyl groups excluding tert-OH is 1. The zero-order valence-electron chi connectivity index (χ0n) is 9.68. The fraction of sp³-hybridized carbons (Fsp3) is 0.583. The zero-order valence-corrected chi connectivity index (χ0v) is 11.3. The van der Waals surface area contributed by atoms with Gasteiger partial charge in [-0.2, -0.15) is 0 Å². The SMILES string of the molecule is OCCN1CCC(Sc2cccc(Cl)n2)CC1. The summed E-state index contributed by atoms with van der Waals surface area (Å²) in [5.41, 5.74) is 0. The van der Waals surface area contributed by atoms with Gasteiger partial charge < -0.3 is 10.0 Å². The largest absolute Gasteiger partial charge is 0.395 e. The van der Waals surface area contributed by atoms with E-state index >= 15 is 0 Å². The van der Waals surface area contributed by atoms with Gasteiger partial charge in [-0.05, 0) is 38.1 Å². The molecule has 1 aliphatic heterocycles. The molecular weight excluding hydrogens is 256 g/mol. The first-order valence-corrected chi connectivity index (χ1v) is 7.16. The molecule has 1 saturated heterocycles. The summed E-state index contributed by atoms with van der Waals surface area (Å²) in [5.74, 6) is 0. The van der Waals surface area contributed by atoms with Crippen LogP contribution in [0, 0.1) is 0 Å². The van der Waals surface area contributed by atoms with Crippen molar-refractivity contribution in [1.29, 1.82) is 0 Å². The third-order valence-electron chi connectivity index (χ3n) is 2.93. The van der Waals surface area contributed by atoms with Crippen molar-refractivity contribution in [3.8, 4) is 0 Å². The molecule has 17 heavy (non-hydrogen) atoms. The van der Waals surface area contributed by atoms with Crippen LogP contribution in [0.2, 0.25) is 5.15 Å². The van der Waals surface area contributed by atoms with Crippen molar-refractivity contribution in [2.45, 2.75) is 23.1 Å². The van der Waals surface area contributed by atoms with Crippen LogP contribution in [0.4, 0.5) is 0 Å². The van der Waals surface area contributed by atoms with E-state index in [-0.39, 0.29) is 6.61 Å². The van der Waals surface area contributed by atoms with Crippen LogP contribution < -0.4 is 0 Å². The number of hydrogen-bond acceptors (Lipinski definition) is 4. The lowest BCUT2D eigenvalue weighted by Gasteiger charge is -2.30. The molecule has 0 spiro atoms. The Kier molecular flexibility index (Phi) is 5.10. The molecule has 0 unspecified atom stereocenters. The Balaban J connectivity index is 1.82. The zero-order chi connectivity index (χ0) is 12.1. The first-order chi connectivity index (χ1) is 8.28. The minimum Gasteiger partial charge on any atom is -0.395 e. The van der Waals surface area contributed by atoms with E-state index in [1.54, 1.807) is 6.07 Å². The lowest BCUT2D eigenvalue weighted by molar-refractivity contribution is 0.175. The monoisotopic (exact) mass is 272 g/mol. The standard InChI is InChI=1S/C12H17ClN2OS/c13-11-2-1-3-12(14-11)17-10-4-6-15(7-5-10)8-9-16/h1-3,10,16H,4-9H2. The number of pyridine rings is 1. The Morgan fingerprint density at radius 2 is 2.18 bits per heavy atom. The summed E-state index contributed by atoms with van der Waals surface area (Å²) >= 11 is 7.68. The van der Waals surface area contributed by atoms with Crippen molar-refractivity contribution in [2.24, 2.45) is 0 Å². The molecule has 94 valence electrons. The van der Waals surface area contributed by atoms with E-state index in [1.165, 1.54) is 0 Å². The molecule has 2 heterocycles. The summed E-state index contributed by atoms with van der Waals surface area (Å²) in [6.45, 7) is 3.19. The molecule has 0 aromatic carbocycles. The third-order valence-corrected chi connectivity index (χ3v) is 4.41. The van der Waals surface area contributed by atoms with Crippen molar-refractivity contribution in [1.82, 2.24) is 9.88 Å². The lowest BCUT2D eigenvalue weighted by atomic mass is 10.1. The van der Waals surface area contributed by atoms with Crippen molar-refractivity contribution in [3.05, 3.63) is 23.4 Å². The highest BCUT2D eigenvalue weighted by molar-refractivity contribution is 7.99. The van der Waals surface area contributed by atoms with Gasteiger partial charge in [0.1, 0.15) is 5.15 Å². The number of aliphatic hydroxyl groups is 1. The molecular formula is C12H17ClN2OS. The van der Waals surface area contributed by atoms with Gasteiger partial charge in [0.05, 0.1) is 11.6 Å². The highest BCUT2D eigenvalue weighted by Crippen LogP contribution is 2.29. The molecule has 0 saturated carbocycles. The molecule has 5 heteroatoms. The van der Waals surface area contributed by atoms with Crippen LogP contribution in [-0.4, -0.2) is 46.5 Å². The van der Waals surface area contributed by atoms with Gasteiger partial charge in [-0.3, -0.25) is 0 Å². The molecule has 3 nitrogen and oxygen atoms in total. The quantitative estimate of drug-likeness (QED) is 0.854. The van der Waals surface area contributed by atoms with Crippen LogP contribution in [0.15, 0.2) is 23.2 Å². The van der Waals surface area contributed by atoms with E-state index in [2.05, 4.69) is 9.88 Å². The van der Waals surface area contributed by atoms with E-state index < -0.39 is 0 Å². The highest BCUT2D eigenvalue weighted by Gasteiger charge is 2.19. The van der Waals surface area contributed by atoms with Crippen LogP contribution in [0.1, 0.15) is 12.8 Å². The molecule has 1 aromatic heterocycles. The smallest absolute Gasteiger partial charge is 0.130 e. The first kappa shape index (κ1) is 13.1. The average Bonchev–Trinajstić information content (AvgIpc) is 2.32. The van der Waals surface area contributed by atoms with Gasteiger partial charge in [0, 0.05) is 11.8 Å². The lowest BCUT2D eigenvalue weighted by Crippen LogP contribution is -2.36. The molecule has 0 atom stereocenters. The number of aromatic nitrogens is 1. The van der Waals surface area contributed by atoms with E-state index in [0.29, 0.717) is 10.4 Å². The number of likely N-dealkylation sites (tertiary alicyclic amines) is 1. The van der Waals surface area contributed by atoms with Crippen LogP contribution in [-0.2, 0) is 0 Å². The third kappa shape index (κ3) is 4.14. The molecule has 2 rings (SSSR count). The molecule has 1 N–H and O–H groups in total. The van der Waals surface area contributed by atoms with Crippen LogP contribution >= 0.6 is 23.4 Å². The topological polar surface area (TPSA) is 36.4 Å². The maximum atomic E-state index is 8.88. The number of β-amino-alcohol motifs (C(OH)–C–C–N with tert-alkyl or cyclic N) is 1. The first-order valence-electron chi connectivity index (χ1n) is 5.90. The maximum Gasteiger partial charge on any atom is 0.130 e. The number of nitrogens with zero attached hydrogens (tertiary/aromatic N) is 2. The number of thioether (sulfide) groups is 1. The van der Waals surface area contributed by atoms with Crippen molar-refractivity contribution >= 4 is 23.4 Å². The van der Waals surface area contributed by atoms with Crippen LogP contribution in [0.25, 0.3) is 0 Å². The fourth-order valence-corrected chi connectivity index (χ4v) is 3.33. The van der Waals surface area contributed by atoms with Gasteiger partial charge >= 0.3 is 0 Å².